The average molecular weight is 134 g/mol. The van der Waals surface area contributed by atoms with Crippen molar-refractivity contribution in [1.29, 1.82) is 0 Å². The van der Waals surface area contributed by atoms with Crippen molar-refractivity contribution in [2.24, 2.45) is 0 Å². The van der Waals surface area contributed by atoms with E-state index >= 15 is 0 Å². The van der Waals surface area contributed by atoms with Gasteiger partial charge in [-0.25, -0.2) is 0 Å². The Kier molecular flexibility index (Phi) is 12.4. The monoisotopic (exact) mass is 134 g/mol. The fraction of sp³-hybridized carbons (Fsp3) is 0.600. The molecule has 0 aromatic carbocycles. The topological polar surface area (TPSA) is 74.6 Å². The Morgan fingerprint density at radius 3 is 2.00 bits per heavy atom. The largest absolute Gasteiger partial charge is 0.481 e. The lowest BCUT2D eigenvalue weighted by molar-refractivity contribution is -0.138. The molecule has 9 heavy (non-hydrogen) atoms. The second kappa shape index (κ2) is 10.2. The van der Waals surface area contributed by atoms with Gasteiger partial charge in [0.25, 0.3) is 0 Å². The van der Waals surface area contributed by atoms with E-state index in [2.05, 4.69) is 0 Å². The summed E-state index contributed by atoms with van der Waals surface area (Å²) >= 11 is 0. The number of aliphatic hydroxyl groups excluding tert-OH is 1. The predicted octanol–water partition coefficient (Wildman–Crippen LogP) is -0.341. The van der Waals surface area contributed by atoms with Crippen molar-refractivity contribution in [3.05, 3.63) is 0 Å². The lowest BCUT2D eigenvalue weighted by Gasteiger charge is -1.71. The Hall–Kier alpha value is -0.900. The lowest BCUT2D eigenvalue weighted by atomic mass is 10.5. The van der Waals surface area contributed by atoms with Crippen molar-refractivity contribution < 1.29 is 19.8 Å². The highest BCUT2D eigenvalue weighted by Crippen LogP contribution is 1.64. The summed E-state index contributed by atoms with van der Waals surface area (Å²) in [5, 5.41) is 15.3. The van der Waals surface area contributed by atoms with Crippen LogP contribution < -0.4 is 0 Å². The van der Waals surface area contributed by atoms with E-state index in [-0.39, 0.29) is 13.0 Å². The zero-order valence-electron chi connectivity index (χ0n) is 5.20. The van der Waals surface area contributed by atoms with Crippen LogP contribution in [0.2, 0.25) is 0 Å². The molecule has 0 aromatic heterocycles. The van der Waals surface area contributed by atoms with E-state index in [1.165, 1.54) is 0 Å². The van der Waals surface area contributed by atoms with Gasteiger partial charge in [0.2, 0.25) is 0 Å². The molecule has 0 fully saturated rings. The predicted molar refractivity (Wildman–Crippen MR) is 31.1 cm³/mol. The third kappa shape index (κ3) is 41.9. The van der Waals surface area contributed by atoms with Gasteiger partial charge in [0, 0.05) is 6.61 Å². The minimum absolute atomic E-state index is 0.250. The molecule has 4 nitrogen and oxygen atoms in total. The van der Waals surface area contributed by atoms with Crippen LogP contribution in [0.5, 0.6) is 0 Å². The van der Waals surface area contributed by atoms with Crippen LogP contribution in [0.3, 0.4) is 0 Å². The molecule has 0 radical (unpaired) electrons. The molecule has 0 rings (SSSR count). The van der Waals surface area contributed by atoms with E-state index < -0.39 is 5.97 Å². The van der Waals surface area contributed by atoms with Crippen LogP contribution in [-0.2, 0) is 9.59 Å². The molecule has 0 saturated heterocycles. The van der Waals surface area contributed by atoms with E-state index in [0.29, 0.717) is 6.29 Å². The van der Waals surface area contributed by atoms with E-state index in [1.807, 2.05) is 0 Å². The van der Waals surface area contributed by atoms with Gasteiger partial charge in [-0.2, -0.15) is 0 Å². The summed E-state index contributed by atoms with van der Waals surface area (Å²) in [6, 6.07) is 0. The molecule has 54 valence electrons. The molecular formula is C5H10O4. The molecule has 4 heteroatoms. The minimum atomic E-state index is -1.08. The highest BCUT2D eigenvalue weighted by atomic mass is 16.4. The van der Waals surface area contributed by atoms with Crippen LogP contribution in [0.1, 0.15) is 13.3 Å². The summed E-state index contributed by atoms with van der Waals surface area (Å²) in [6.45, 7) is 1.93. The maximum absolute atomic E-state index is 9.37. The summed E-state index contributed by atoms with van der Waals surface area (Å²) in [6.07, 6.45) is -0.0394. The molecule has 0 bridgehead atoms. The number of hydrogen-bond donors (Lipinski definition) is 2. The van der Waals surface area contributed by atoms with E-state index in [4.69, 9.17) is 10.2 Å². The van der Waals surface area contributed by atoms with Crippen molar-refractivity contribution in [3.63, 3.8) is 0 Å². The van der Waals surface area contributed by atoms with Crippen LogP contribution in [0.4, 0.5) is 0 Å². The molecule has 0 atom stereocenters. The number of carboxylic acids is 1. The molecule has 0 spiro atoms. The van der Waals surface area contributed by atoms with Gasteiger partial charge < -0.3 is 15.0 Å². The quantitative estimate of drug-likeness (QED) is 0.400. The number of carbonyl (C=O) groups excluding carboxylic acids is 1. The number of aliphatic hydroxyl groups is 1. The van der Waals surface area contributed by atoms with Crippen LogP contribution in [0.15, 0.2) is 0 Å². The first-order valence-electron chi connectivity index (χ1n) is 2.45. The Labute approximate surface area is 53.1 Å². The normalized spacial score (nSPS) is 6.89. The van der Waals surface area contributed by atoms with Crippen LogP contribution in [-0.4, -0.2) is 29.1 Å². The first-order chi connectivity index (χ1) is 4.18. The molecule has 0 saturated carbocycles. The molecule has 0 unspecified atom stereocenters. The van der Waals surface area contributed by atoms with Gasteiger partial charge in [0.05, 0.1) is 0 Å². The highest BCUT2D eigenvalue weighted by molar-refractivity contribution is 5.81. The zero-order valence-corrected chi connectivity index (χ0v) is 5.20. The van der Waals surface area contributed by atoms with Crippen molar-refractivity contribution in [2.75, 3.05) is 6.61 Å². The molecule has 0 aliphatic rings. The highest BCUT2D eigenvalue weighted by Gasteiger charge is 1.87. The van der Waals surface area contributed by atoms with E-state index in [1.54, 1.807) is 6.92 Å². The Morgan fingerprint density at radius 2 is 2.00 bits per heavy atom. The molecule has 0 aliphatic carbocycles. The Balaban J connectivity index is 0. The second-order valence-corrected chi connectivity index (χ2v) is 1.08. The number of aliphatic carboxylic acids is 1. The van der Waals surface area contributed by atoms with Gasteiger partial charge in [0.15, 0.2) is 0 Å². The van der Waals surface area contributed by atoms with Crippen molar-refractivity contribution >= 4 is 12.3 Å². The summed E-state index contributed by atoms with van der Waals surface area (Å²) < 4.78 is 0. The van der Waals surface area contributed by atoms with Gasteiger partial charge in [-0.3, -0.25) is 4.79 Å². The summed E-state index contributed by atoms with van der Waals surface area (Å²) in [4.78, 5) is 18.6. The number of carboxylic acid groups (broad SMARTS) is 1. The SMILES string of the molecule is CCO.O=CCC(=O)O. The molecule has 0 aliphatic heterocycles. The fourth-order valence-corrected chi connectivity index (χ4v) is 0.0713. The molecule has 2 N–H and O–H groups in total. The fourth-order valence-electron chi connectivity index (χ4n) is 0.0713. The third-order valence-electron chi connectivity index (χ3n) is 0.258. The minimum Gasteiger partial charge on any atom is -0.481 e. The molecule has 0 heterocycles. The van der Waals surface area contributed by atoms with Crippen LogP contribution >= 0.6 is 0 Å². The standard InChI is InChI=1S/C3H4O3.C2H6O/c4-2-1-3(5)6;1-2-3/h2H,1H2,(H,5,6);3H,2H2,1H3. The van der Waals surface area contributed by atoms with Crippen LogP contribution in [0, 0.1) is 0 Å². The lowest BCUT2D eigenvalue weighted by Crippen LogP contribution is -1.92. The third-order valence-corrected chi connectivity index (χ3v) is 0.258. The molecule has 0 amide bonds. The second-order valence-electron chi connectivity index (χ2n) is 1.08. The summed E-state index contributed by atoms with van der Waals surface area (Å²) in [5.41, 5.74) is 0. The zero-order chi connectivity index (χ0) is 7.70. The van der Waals surface area contributed by atoms with E-state index in [9.17, 15) is 9.59 Å². The number of rotatable bonds is 2. The van der Waals surface area contributed by atoms with Gasteiger partial charge >= 0.3 is 5.97 Å². The van der Waals surface area contributed by atoms with Crippen molar-refractivity contribution in [2.45, 2.75) is 13.3 Å². The van der Waals surface area contributed by atoms with E-state index in [0.717, 1.165) is 0 Å². The van der Waals surface area contributed by atoms with Gasteiger partial charge in [-0.05, 0) is 6.92 Å². The Morgan fingerprint density at radius 1 is 1.67 bits per heavy atom. The maximum Gasteiger partial charge on any atom is 0.310 e. The molecule has 0 aromatic rings. The van der Waals surface area contributed by atoms with Gasteiger partial charge in [0.1, 0.15) is 12.7 Å². The first kappa shape index (κ1) is 11.0. The molecular weight excluding hydrogens is 124 g/mol. The number of hydrogen-bond acceptors (Lipinski definition) is 3. The van der Waals surface area contributed by atoms with Crippen molar-refractivity contribution in [3.8, 4) is 0 Å². The summed E-state index contributed by atoms with van der Waals surface area (Å²) in [7, 11) is 0. The summed E-state index contributed by atoms with van der Waals surface area (Å²) in [5.74, 6) is -1.08. The maximum atomic E-state index is 9.37. The number of aldehydes is 1. The smallest absolute Gasteiger partial charge is 0.310 e. The van der Waals surface area contributed by atoms with Crippen LogP contribution in [0.25, 0.3) is 0 Å². The Bertz CT molecular complexity index is 79.0. The average Bonchev–Trinajstić information content (AvgIpc) is 1.67. The number of carbonyl (C=O) groups is 2. The van der Waals surface area contributed by atoms with Crippen molar-refractivity contribution in [1.82, 2.24) is 0 Å². The first-order valence-corrected chi connectivity index (χ1v) is 2.45. The van der Waals surface area contributed by atoms with Gasteiger partial charge in [-0.15, -0.1) is 0 Å². The van der Waals surface area contributed by atoms with Gasteiger partial charge in [-0.1, -0.05) is 0 Å².